The zero-order chi connectivity index (χ0) is 11.0. The minimum atomic E-state index is 0.0272. The van der Waals surface area contributed by atoms with E-state index in [1.807, 2.05) is 24.3 Å². The second kappa shape index (κ2) is 3.88. The smallest absolute Gasteiger partial charge is 0.251 e. The number of para-hydroxylation sites is 1. The molecule has 1 aromatic rings. The average molecular weight is 219 g/mol. The van der Waals surface area contributed by atoms with Gasteiger partial charge in [0.25, 0.3) is 5.91 Å². The van der Waals surface area contributed by atoms with Crippen molar-refractivity contribution in [2.75, 3.05) is 18.3 Å². The molecule has 1 unspecified atom stereocenters. The van der Waals surface area contributed by atoms with Crippen LogP contribution in [0.1, 0.15) is 12.0 Å². The van der Waals surface area contributed by atoms with Gasteiger partial charge in [0.1, 0.15) is 12.7 Å². The highest BCUT2D eigenvalue weighted by Gasteiger charge is 2.29. The molecule has 1 aromatic carbocycles. The van der Waals surface area contributed by atoms with Crippen molar-refractivity contribution in [3.63, 3.8) is 0 Å². The Morgan fingerprint density at radius 3 is 3.00 bits per heavy atom. The predicted octanol–water partition coefficient (Wildman–Crippen LogP) is 1.30. The molecule has 2 aliphatic heterocycles. The number of aryl methyl sites for hydroxylation is 1. The molecule has 0 radical (unpaired) electrons. The van der Waals surface area contributed by atoms with Gasteiger partial charge in [0.2, 0.25) is 0 Å². The number of rotatable bonds is 3. The summed E-state index contributed by atoms with van der Waals surface area (Å²) in [6.45, 7) is 1.20. The summed E-state index contributed by atoms with van der Waals surface area (Å²) < 4.78 is 5.06. The molecule has 0 spiro atoms. The summed E-state index contributed by atoms with van der Waals surface area (Å²) in [5.74, 6) is 0.0272. The van der Waals surface area contributed by atoms with Gasteiger partial charge in [-0.25, -0.2) is 0 Å². The molecular formula is C12H13NO3. The number of ether oxygens (including phenoxy) is 1. The third kappa shape index (κ3) is 1.81. The van der Waals surface area contributed by atoms with E-state index in [-0.39, 0.29) is 12.0 Å². The molecule has 1 atom stereocenters. The van der Waals surface area contributed by atoms with E-state index in [1.54, 1.807) is 0 Å². The summed E-state index contributed by atoms with van der Waals surface area (Å²) >= 11 is 0. The first-order valence-electron chi connectivity index (χ1n) is 5.50. The van der Waals surface area contributed by atoms with Crippen LogP contribution in [0.5, 0.6) is 0 Å². The Morgan fingerprint density at radius 1 is 1.38 bits per heavy atom. The molecule has 1 saturated heterocycles. The minimum absolute atomic E-state index is 0.0272. The fourth-order valence-corrected chi connectivity index (χ4v) is 1.86. The van der Waals surface area contributed by atoms with E-state index >= 15 is 0 Å². The van der Waals surface area contributed by atoms with E-state index in [1.165, 1.54) is 10.6 Å². The molecule has 0 aromatic heterocycles. The molecule has 0 N–H and O–H groups in total. The second-order valence-corrected chi connectivity index (χ2v) is 4.07. The Balaban J connectivity index is 1.81. The molecule has 0 saturated carbocycles. The van der Waals surface area contributed by atoms with E-state index in [9.17, 15) is 4.79 Å². The normalized spacial score (nSPS) is 23.1. The second-order valence-electron chi connectivity index (χ2n) is 4.07. The Hall–Kier alpha value is -1.39. The van der Waals surface area contributed by atoms with Gasteiger partial charge in [-0.3, -0.25) is 9.63 Å². The Bertz CT molecular complexity index is 414. The van der Waals surface area contributed by atoms with Crippen molar-refractivity contribution in [1.82, 2.24) is 0 Å². The molecule has 2 aliphatic rings. The number of benzene rings is 1. The topological polar surface area (TPSA) is 42.1 Å². The van der Waals surface area contributed by atoms with Gasteiger partial charge in [-0.15, -0.1) is 0 Å². The van der Waals surface area contributed by atoms with Crippen LogP contribution in [0.2, 0.25) is 0 Å². The number of hydrogen-bond donors (Lipinski definition) is 0. The maximum Gasteiger partial charge on any atom is 0.251 e. The molecule has 2 heterocycles. The Labute approximate surface area is 93.7 Å². The van der Waals surface area contributed by atoms with Gasteiger partial charge in [0.05, 0.1) is 12.3 Å². The van der Waals surface area contributed by atoms with Crippen molar-refractivity contribution in [2.24, 2.45) is 0 Å². The fraction of sp³-hybridized carbons (Fsp3) is 0.417. The number of hydrogen-bond acceptors (Lipinski definition) is 3. The first kappa shape index (κ1) is 9.81. The van der Waals surface area contributed by atoms with Crippen molar-refractivity contribution in [3.05, 3.63) is 29.8 Å². The summed E-state index contributed by atoms with van der Waals surface area (Å²) in [7, 11) is 0. The van der Waals surface area contributed by atoms with E-state index in [0.717, 1.165) is 18.7 Å². The van der Waals surface area contributed by atoms with Crippen LogP contribution in [0.15, 0.2) is 24.3 Å². The molecule has 0 bridgehead atoms. The van der Waals surface area contributed by atoms with E-state index in [0.29, 0.717) is 13.0 Å². The summed E-state index contributed by atoms with van der Waals surface area (Å²) in [6, 6.07) is 7.85. The standard InChI is InChI=1S/C12H13NO3/c14-12-6-5-9-3-1-2-4-11(9)13(12)16-8-10-7-15-10/h1-4,10H,5-8H2. The van der Waals surface area contributed by atoms with Crippen molar-refractivity contribution >= 4 is 11.6 Å². The Morgan fingerprint density at radius 2 is 2.19 bits per heavy atom. The number of fused-ring (bicyclic) bond motifs is 1. The number of nitrogens with zero attached hydrogens (tertiary/aromatic N) is 1. The molecular weight excluding hydrogens is 206 g/mol. The van der Waals surface area contributed by atoms with Gasteiger partial charge >= 0.3 is 0 Å². The molecule has 1 fully saturated rings. The van der Waals surface area contributed by atoms with E-state index in [2.05, 4.69) is 0 Å². The summed E-state index contributed by atoms with van der Waals surface area (Å²) in [6.07, 6.45) is 1.49. The lowest BCUT2D eigenvalue weighted by molar-refractivity contribution is -0.126. The van der Waals surface area contributed by atoms with E-state index < -0.39 is 0 Å². The van der Waals surface area contributed by atoms with Crippen LogP contribution in [0.25, 0.3) is 0 Å². The van der Waals surface area contributed by atoms with Gasteiger partial charge in [-0.1, -0.05) is 18.2 Å². The lowest BCUT2D eigenvalue weighted by atomic mass is 10.0. The number of epoxide rings is 1. The van der Waals surface area contributed by atoms with Crippen LogP contribution in [0, 0.1) is 0 Å². The summed E-state index contributed by atoms with van der Waals surface area (Å²) in [5.41, 5.74) is 2.04. The summed E-state index contributed by atoms with van der Waals surface area (Å²) in [5, 5.41) is 1.42. The lowest BCUT2D eigenvalue weighted by Crippen LogP contribution is -2.36. The number of hydroxylamine groups is 1. The molecule has 3 rings (SSSR count). The van der Waals surface area contributed by atoms with Crippen molar-refractivity contribution < 1.29 is 14.4 Å². The number of carbonyl (C=O) groups excluding carboxylic acids is 1. The highest BCUT2D eigenvalue weighted by molar-refractivity contribution is 5.94. The van der Waals surface area contributed by atoms with Crippen LogP contribution in [0.4, 0.5) is 5.69 Å². The average Bonchev–Trinajstić information content (AvgIpc) is 3.12. The van der Waals surface area contributed by atoms with Gasteiger partial charge in [0.15, 0.2) is 0 Å². The van der Waals surface area contributed by atoms with E-state index in [4.69, 9.17) is 9.57 Å². The molecule has 1 amide bonds. The predicted molar refractivity (Wildman–Crippen MR) is 57.9 cm³/mol. The van der Waals surface area contributed by atoms with Gasteiger partial charge in [-0.2, -0.15) is 5.06 Å². The molecule has 4 heteroatoms. The number of amides is 1. The first-order valence-corrected chi connectivity index (χ1v) is 5.50. The van der Waals surface area contributed by atoms with Crippen molar-refractivity contribution in [1.29, 1.82) is 0 Å². The van der Waals surface area contributed by atoms with Crippen LogP contribution in [0.3, 0.4) is 0 Å². The zero-order valence-corrected chi connectivity index (χ0v) is 8.89. The zero-order valence-electron chi connectivity index (χ0n) is 8.89. The van der Waals surface area contributed by atoms with Crippen LogP contribution in [-0.4, -0.2) is 25.2 Å². The highest BCUT2D eigenvalue weighted by Crippen LogP contribution is 2.28. The van der Waals surface area contributed by atoms with Gasteiger partial charge in [0, 0.05) is 6.42 Å². The van der Waals surface area contributed by atoms with Crippen molar-refractivity contribution in [3.8, 4) is 0 Å². The first-order chi connectivity index (χ1) is 7.84. The Kier molecular flexibility index (Phi) is 2.38. The van der Waals surface area contributed by atoms with Gasteiger partial charge in [-0.05, 0) is 18.1 Å². The van der Waals surface area contributed by atoms with Crippen molar-refractivity contribution in [2.45, 2.75) is 18.9 Å². The maximum atomic E-state index is 11.8. The van der Waals surface area contributed by atoms with Crippen LogP contribution in [-0.2, 0) is 20.8 Å². The van der Waals surface area contributed by atoms with Crippen LogP contribution >= 0.6 is 0 Å². The van der Waals surface area contributed by atoms with Gasteiger partial charge < -0.3 is 4.74 Å². The molecule has 84 valence electrons. The fourth-order valence-electron chi connectivity index (χ4n) is 1.86. The largest absolute Gasteiger partial charge is 0.371 e. The highest BCUT2D eigenvalue weighted by atomic mass is 16.7. The molecule has 0 aliphatic carbocycles. The maximum absolute atomic E-state index is 11.8. The molecule has 4 nitrogen and oxygen atoms in total. The summed E-state index contributed by atoms with van der Waals surface area (Å²) in [4.78, 5) is 17.3. The third-order valence-corrected chi connectivity index (χ3v) is 2.84. The SMILES string of the molecule is O=C1CCc2ccccc2N1OCC1CO1. The minimum Gasteiger partial charge on any atom is -0.371 e. The quantitative estimate of drug-likeness (QED) is 0.719. The lowest BCUT2D eigenvalue weighted by Gasteiger charge is -2.27. The molecule has 16 heavy (non-hydrogen) atoms. The monoisotopic (exact) mass is 219 g/mol. The third-order valence-electron chi connectivity index (χ3n) is 2.84. The number of anilines is 1. The van der Waals surface area contributed by atoms with Crippen LogP contribution < -0.4 is 5.06 Å². The number of carbonyl (C=O) groups is 1.